The Bertz CT molecular complexity index is 524. The predicted octanol–water partition coefficient (Wildman–Crippen LogP) is 5.68. The van der Waals surface area contributed by atoms with E-state index in [2.05, 4.69) is 86.7 Å². The quantitative estimate of drug-likeness (QED) is 0.709. The SMILES string of the molecule is CC(N[C@H](C)c1cccc(Br)c1)c1cc(Br)cs1. The van der Waals surface area contributed by atoms with Crippen molar-refractivity contribution in [3.05, 3.63) is 55.1 Å². The number of benzene rings is 1. The van der Waals surface area contributed by atoms with Crippen molar-refractivity contribution in [2.75, 3.05) is 0 Å². The molecule has 0 aliphatic heterocycles. The molecular weight excluding hydrogens is 374 g/mol. The molecule has 1 aromatic carbocycles. The van der Waals surface area contributed by atoms with Crippen molar-refractivity contribution in [1.82, 2.24) is 5.32 Å². The minimum atomic E-state index is 0.332. The predicted molar refractivity (Wildman–Crippen MR) is 86.1 cm³/mol. The van der Waals surface area contributed by atoms with Crippen LogP contribution in [-0.2, 0) is 0 Å². The molecule has 1 unspecified atom stereocenters. The van der Waals surface area contributed by atoms with Crippen molar-refractivity contribution in [2.24, 2.45) is 0 Å². The molecule has 2 aromatic rings. The summed E-state index contributed by atoms with van der Waals surface area (Å²) < 4.78 is 2.28. The first-order chi connectivity index (χ1) is 8.56. The zero-order valence-electron chi connectivity index (χ0n) is 10.3. The van der Waals surface area contributed by atoms with Gasteiger partial charge in [0.2, 0.25) is 0 Å². The van der Waals surface area contributed by atoms with Crippen molar-refractivity contribution in [3.63, 3.8) is 0 Å². The minimum absolute atomic E-state index is 0.332. The van der Waals surface area contributed by atoms with Crippen LogP contribution in [0.25, 0.3) is 0 Å². The van der Waals surface area contributed by atoms with Gasteiger partial charge in [0.25, 0.3) is 0 Å². The van der Waals surface area contributed by atoms with Gasteiger partial charge >= 0.3 is 0 Å². The van der Waals surface area contributed by atoms with Gasteiger partial charge in [0.1, 0.15) is 0 Å². The third kappa shape index (κ3) is 3.67. The second kappa shape index (κ2) is 6.33. The van der Waals surface area contributed by atoms with Gasteiger partial charge in [-0.2, -0.15) is 0 Å². The molecule has 0 radical (unpaired) electrons. The molecule has 1 nitrogen and oxygen atoms in total. The van der Waals surface area contributed by atoms with Gasteiger partial charge in [-0.1, -0.05) is 28.1 Å². The van der Waals surface area contributed by atoms with E-state index in [0.29, 0.717) is 12.1 Å². The lowest BCUT2D eigenvalue weighted by Gasteiger charge is -2.19. The molecule has 0 saturated heterocycles. The Hall–Kier alpha value is -0.160. The lowest BCUT2D eigenvalue weighted by Crippen LogP contribution is -2.21. The molecule has 0 aliphatic rings. The smallest absolute Gasteiger partial charge is 0.0391 e. The van der Waals surface area contributed by atoms with Gasteiger partial charge in [0, 0.05) is 31.3 Å². The maximum absolute atomic E-state index is 3.62. The fraction of sp³-hybridized carbons (Fsp3) is 0.286. The van der Waals surface area contributed by atoms with Crippen LogP contribution in [0, 0.1) is 0 Å². The molecule has 0 saturated carbocycles. The number of halogens is 2. The van der Waals surface area contributed by atoms with Crippen LogP contribution in [0.2, 0.25) is 0 Å². The van der Waals surface area contributed by atoms with E-state index in [-0.39, 0.29) is 0 Å². The summed E-state index contributed by atoms with van der Waals surface area (Å²) in [6.07, 6.45) is 0. The third-order valence-corrected chi connectivity index (χ3v) is 5.23. The Morgan fingerprint density at radius 1 is 1.06 bits per heavy atom. The summed E-state index contributed by atoms with van der Waals surface area (Å²) in [5.41, 5.74) is 1.30. The molecule has 18 heavy (non-hydrogen) atoms. The zero-order chi connectivity index (χ0) is 13.1. The Labute approximate surface area is 129 Å². The summed E-state index contributed by atoms with van der Waals surface area (Å²) in [6.45, 7) is 4.40. The second-order valence-corrected chi connectivity index (χ2v) is 7.11. The van der Waals surface area contributed by atoms with Crippen LogP contribution in [0.4, 0.5) is 0 Å². The zero-order valence-corrected chi connectivity index (χ0v) is 14.3. The maximum Gasteiger partial charge on any atom is 0.0391 e. The Morgan fingerprint density at radius 3 is 2.44 bits per heavy atom. The fourth-order valence-electron chi connectivity index (χ4n) is 1.88. The second-order valence-electron chi connectivity index (χ2n) is 4.33. The van der Waals surface area contributed by atoms with Crippen LogP contribution in [0.1, 0.15) is 36.4 Å². The van der Waals surface area contributed by atoms with Gasteiger partial charge in [0.05, 0.1) is 0 Å². The molecule has 4 heteroatoms. The standard InChI is InChI=1S/C14H15Br2NS/c1-9(11-4-3-5-12(15)6-11)17-10(2)14-7-13(16)8-18-14/h3-10,17H,1-2H3/t9-,10?/m1/s1. The topological polar surface area (TPSA) is 12.0 Å². The summed E-state index contributed by atoms with van der Waals surface area (Å²) in [6, 6.07) is 11.3. The fourth-order valence-corrected chi connectivity index (χ4v) is 3.76. The maximum atomic E-state index is 3.62. The van der Waals surface area contributed by atoms with Gasteiger partial charge in [-0.15, -0.1) is 11.3 Å². The van der Waals surface area contributed by atoms with Crippen molar-refractivity contribution >= 4 is 43.2 Å². The number of rotatable bonds is 4. The van der Waals surface area contributed by atoms with E-state index in [1.807, 2.05) is 0 Å². The number of hydrogen-bond donors (Lipinski definition) is 1. The Morgan fingerprint density at radius 2 is 1.83 bits per heavy atom. The molecular formula is C14H15Br2NS. The molecule has 1 N–H and O–H groups in total. The highest BCUT2D eigenvalue weighted by Crippen LogP contribution is 2.27. The molecule has 0 bridgehead atoms. The summed E-state index contributed by atoms with van der Waals surface area (Å²) in [7, 11) is 0. The molecule has 0 fully saturated rings. The molecule has 0 amide bonds. The third-order valence-electron chi connectivity index (χ3n) is 2.86. The molecule has 0 spiro atoms. The minimum Gasteiger partial charge on any atom is -0.303 e. The van der Waals surface area contributed by atoms with Crippen molar-refractivity contribution in [2.45, 2.75) is 25.9 Å². The van der Waals surface area contributed by atoms with Crippen LogP contribution in [0.15, 0.2) is 44.7 Å². The largest absolute Gasteiger partial charge is 0.303 e. The first-order valence-electron chi connectivity index (χ1n) is 5.81. The number of nitrogens with one attached hydrogen (secondary N) is 1. The van der Waals surface area contributed by atoms with Crippen LogP contribution in [0.5, 0.6) is 0 Å². The lowest BCUT2D eigenvalue weighted by molar-refractivity contribution is 0.500. The van der Waals surface area contributed by atoms with Crippen LogP contribution in [-0.4, -0.2) is 0 Å². The van der Waals surface area contributed by atoms with E-state index in [1.165, 1.54) is 10.4 Å². The first-order valence-corrected chi connectivity index (χ1v) is 8.28. The van der Waals surface area contributed by atoms with E-state index in [4.69, 9.17) is 0 Å². The van der Waals surface area contributed by atoms with E-state index in [1.54, 1.807) is 11.3 Å². The van der Waals surface area contributed by atoms with Gasteiger partial charge in [-0.25, -0.2) is 0 Å². The van der Waals surface area contributed by atoms with E-state index in [0.717, 1.165) is 8.95 Å². The Kier molecular flexibility index (Phi) is 5.01. The molecule has 96 valence electrons. The van der Waals surface area contributed by atoms with Crippen LogP contribution >= 0.6 is 43.2 Å². The molecule has 2 rings (SSSR count). The average Bonchev–Trinajstić information content (AvgIpc) is 2.76. The first kappa shape index (κ1) is 14.3. The lowest BCUT2D eigenvalue weighted by atomic mass is 10.1. The molecule has 1 heterocycles. The summed E-state index contributed by atoms with van der Waals surface area (Å²) in [5.74, 6) is 0. The van der Waals surface area contributed by atoms with Crippen molar-refractivity contribution in [3.8, 4) is 0 Å². The summed E-state index contributed by atoms with van der Waals surface area (Å²) in [5, 5.41) is 5.74. The molecule has 2 atom stereocenters. The van der Waals surface area contributed by atoms with Gasteiger partial charge in [0.15, 0.2) is 0 Å². The highest BCUT2D eigenvalue weighted by atomic mass is 79.9. The van der Waals surface area contributed by atoms with E-state index in [9.17, 15) is 0 Å². The van der Waals surface area contributed by atoms with Crippen LogP contribution in [0.3, 0.4) is 0 Å². The highest BCUT2D eigenvalue weighted by molar-refractivity contribution is 9.10. The van der Waals surface area contributed by atoms with Gasteiger partial charge < -0.3 is 5.32 Å². The summed E-state index contributed by atoms with van der Waals surface area (Å²) in [4.78, 5) is 1.35. The monoisotopic (exact) mass is 387 g/mol. The van der Waals surface area contributed by atoms with E-state index >= 15 is 0 Å². The highest BCUT2D eigenvalue weighted by Gasteiger charge is 2.12. The summed E-state index contributed by atoms with van der Waals surface area (Å²) >= 11 is 8.79. The van der Waals surface area contributed by atoms with Crippen molar-refractivity contribution in [1.29, 1.82) is 0 Å². The van der Waals surface area contributed by atoms with Gasteiger partial charge in [-0.05, 0) is 53.5 Å². The van der Waals surface area contributed by atoms with Crippen molar-refractivity contribution < 1.29 is 0 Å². The average molecular weight is 389 g/mol. The Balaban J connectivity index is 2.05. The number of thiophene rings is 1. The van der Waals surface area contributed by atoms with E-state index < -0.39 is 0 Å². The van der Waals surface area contributed by atoms with Gasteiger partial charge in [-0.3, -0.25) is 0 Å². The normalized spacial score (nSPS) is 14.4. The molecule has 1 aromatic heterocycles. The van der Waals surface area contributed by atoms with Crippen LogP contribution < -0.4 is 5.32 Å². The number of hydrogen-bond acceptors (Lipinski definition) is 2. The molecule has 0 aliphatic carbocycles.